The summed E-state index contributed by atoms with van der Waals surface area (Å²) in [5.41, 5.74) is 3.88. The fraction of sp³-hybridized carbons (Fsp3) is 0.111. The molecule has 0 atom stereocenters. The van der Waals surface area contributed by atoms with E-state index in [-0.39, 0.29) is 0 Å². The van der Waals surface area contributed by atoms with Crippen LogP contribution in [-0.4, -0.2) is 0 Å². The van der Waals surface area contributed by atoms with Crippen molar-refractivity contribution in [3.05, 3.63) is 77.9 Å². The number of allylic oxidation sites excluding steroid dienone is 6. The predicted molar refractivity (Wildman–Crippen MR) is 79.6 cm³/mol. The molecule has 0 radical (unpaired) electrons. The molecular formula is C18H16. The molecule has 0 amide bonds. The predicted octanol–water partition coefficient (Wildman–Crippen LogP) is 5.05. The molecule has 0 saturated carbocycles. The third-order valence-corrected chi connectivity index (χ3v) is 3.31. The lowest BCUT2D eigenvalue weighted by Gasteiger charge is -2.05. The second-order valence-electron chi connectivity index (χ2n) is 4.75. The van der Waals surface area contributed by atoms with Gasteiger partial charge in [0.2, 0.25) is 0 Å². The molecule has 0 spiro atoms. The topological polar surface area (TPSA) is 0 Å². The summed E-state index contributed by atoms with van der Waals surface area (Å²) in [7, 11) is 0. The Morgan fingerprint density at radius 2 is 1.72 bits per heavy atom. The molecule has 0 heterocycles. The van der Waals surface area contributed by atoms with E-state index in [1.54, 1.807) is 0 Å². The summed E-state index contributed by atoms with van der Waals surface area (Å²) in [4.78, 5) is 0. The van der Waals surface area contributed by atoms with Crippen molar-refractivity contribution >= 4 is 16.3 Å². The van der Waals surface area contributed by atoms with E-state index in [0.29, 0.717) is 0 Å². The zero-order valence-corrected chi connectivity index (χ0v) is 10.6. The lowest BCUT2D eigenvalue weighted by Crippen LogP contribution is -1.82. The molecule has 0 N–H and O–H groups in total. The Balaban J connectivity index is 2.11. The minimum absolute atomic E-state index is 1.02. The standard InChI is InChI=1S/C18H16/c1-14-8-9-18-13-17(11-10-16(18)12-14)15-6-4-2-3-5-7-15/h2,4-13H,3H2,1H3. The van der Waals surface area contributed by atoms with Gasteiger partial charge in [-0.25, -0.2) is 0 Å². The van der Waals surface area contributed by atoms with Crippen molar-refractivity contribution in [1.82, 2.24) is 0 Å². The van der Waals surface area contributed by atoms with Crippen molar-refractivity contribution in [2.24, 2.45) is 0 Å². The number of hydrogen-bond acceptors (Lipinski definition) is 0. The molecule has 2 aromatic rings. The van der Waals surface area contributed by atoms with Gasteiger partial charge < -0.3 is 0 Å². The van der Waals surface area contributed by atoms with Gasteiger partial charge in [0.05, 0.1) is 0 Å². The average molecular weight is 232 g/mol. The smallest absolute Gasteiger partial charge is 0.0163 e. The minimum atomic E-state index is 1.02. The van der Waals surface area contributed by atoms with E-state index in [1.807, 2.05) is 0 Å². The van der Waals surface area contributed by atoms with E-state index in [4.69, 9.17) is 0 Å². The molecule has 3 rings (SSSR count). The van der Waals surface area contributed by atoms with Gasteiger partial charge in [-0.05, 0) is 41.3 Å². The van der Waals surface area contributed by atoms with Gasteiger partial charge in [-0.2, -0.15) is 0 Å². The van der Waals surface area contributed by atoms with Gasteiger partial charge in [-0.3, -0.25) is 0 Å². The monoisotopic (exact) mass is 232 g/mol. The van der Waals surface area contributed by atoms with Crippen LogP contribution in [0.2, 0.25) is 0 Å². The zero-order chi connectivity index (χ0) is 12.4. The van der Waals surface area contributed by atoms with Gasteiger partial charge in [-0.15, -0.1) is 0 Å². The summed E-state index contributed by atoms with van der Waals surface area (Å²) >= 11 is 0. The molecule has 0 fully saturated rings. The van der Waals surface area contributed by atoms with Crippen molar-refractivity contribution in [3.8, 4) is 0 Å². The Bertz CT molecular complexity index is 669. The molecule has 0 aromatic heterocycles. The van der Waals surface area contributed by atoms with Crippen molar-refractivity contribution in [3.63, 3.8) is 0 Å². The summed E-state index contributed by atoms with van der Waals surface area (Å²) in [6.45, 7) is 2.13. The van der Waals surface area contributed by atoms with Crippen molar-refractivity contribution in [2.45, 2.75) is 13.3 Å². The van der Waals surface area contributed by atoms with Crippen LogP contribution in [0.15, 0.2) is 66.8 Å². The first kappa shape index (κ1) is 11.0. The molecule has 0 saturated heterocycles. The molecule has 1 aliphatic carbocycles. The maximum absolute atomic E-state index is 2.27. The highest BCUT2D eigenvalue weighted by atomic mass is 14.1. The van der Waals surface area contributed by atoms with Crippen LogP contribution in [0.1, 0.15) is 17.5 Å². The fourth-order valence-corrected chi connectivity index (χ4v) is 2.32. The van der Waals surface area contributed by atoms with Gasteiger partial charge in [0.15, 0.2) is 0 Å². The minimum Gasteiger partial charge on any atom is -0.0807 e. The summed E-state index contributed by atoms with van der Waals surface area (Å²) in [5.74, 6) is 0. The highest BCUT2D eigenvalue weighted by Gasteiger charge is 2.01. The van der Waals surface area contributed by atoms with Gasteiger partial charge in [0.25, 0.3) is 0 Å². The Morgan fingerprint density at radius 3 is 2.67 bits per heavy atom. The largest absolute Gasteiger partial charge is 0.0807 e. The van der Waals surface area contributed by atoms with Crippen LogP contribution < -0.4 is 0 Å². The molecule has 0 heteroatoms. The number of benzene rings is 2. The fourth-order valence-electron chi connectivity index (χ4n) is 2.32. The van der Waals surface area contributed by atoms with Crippen LogP contribution in [0.5, 0.6) is 0 Å². The van der Waals surface area contributed by atoms with Crippen LogP contribution in [0.4, 0.5) is 0 Å². The second kappa shape index (κ2) is 4.66. The zero-order valence-electron chi connectivity index (χ0n) is 10.6. The van der Waals surface area contributed by atoms with E-state index in [0.717, 1.165) is 6.42 Å². The van der Waals surface area contributed by atoms with Crippen molar-refractivity contribution in [1.29, 1.82) is 0 Å². The third-order valence-electron chi connectivity index (χ3n) is 3.31. The van der Waals surface area contributed by atoms with Crippen LogP contribution >= 0.6 is 0 Å². The molecule has 1 aliphatic rings. The van der Waals surface area contributed by atoms with Crippen LogP contribution in [0.25, 0.3) is 16.3 Å². The molecule has 0 bridgehead atoms. The lowest BCUT2D eigenvalue weighted by molar-refractivity contribution is 1.41. The molecule has 2 aromatic carbocycles. The maximum Gasteiger partial charge on any atom is -0.0163 e. The van der Waals surface area contributed by atoms with Gasteiger partial charge in [0.1, 0.15) is 0 Å². The molecule has 0 nitrogen and oxygen atoms in total. The Morgan fingerprint density at radius 1 is 0.889 bits per heavy atom. The Hall–Kier alpha value is -2.08. The highest BCUT2D eigenvalue weighted by molar-refractivity contribution is 5.88. The van der Waals surface area contributed by atoms with Crippen LogP contribution in [0.3, 0.4) is 0 Å². The molecule has 0 aliphatic heterocycles. The Labute approximate surface area is 108 Å². The number of hydrogen-bond donors (Lipinski definition) is 0. The number of rotatable bonds is 1. The van der Waals surface area contributed by atoms with Gasteiger partial charge in [0, 0.05) is 0 Å². The van der Waals surface area contributed by atoms with Crippen molar-refractivity contribution < 1.29 is 0 Å². The quantitative estimate of drug-likeness (QED) is 0.645. The van der Waals surface area contributed by atoms with E-state index < -0.39 is 0 Å². The average Bonchev–Trinajstić information content (AvgIpc) is 2.67. The van der Waals surface area contributed by atoms with Crippen molar-refractivity contribution in [2.75, 3.05) is 0 Å². The molecular weight excluding hydrogens is 216 g/mol. The molecule has 18 heavy (non-hydrogen) atoms. The summed E-state index contributed by atoms with van der Waals surface area (Å²) in [6, 6.07) is 13.3. The van der Waals surface area contributed by atoms with Crippen LogP contribution in [-0.2, 0) is 0 Å². The third kappa shape index (κ3) is 2.14. The Kier molecular flexibility index (Phi) is 2.85. The second-order valence-corrected chi connectivity index (χ2v) is 4.75. The van der Waals surface area contributed by atoms with Crippen LogP contribution in [0, 0.1) is 6.92 Å². The first-order chi connectivity index (χ1) is 8.83. The SMILES string of the molecule is Cc1ccc2cc(C3=CC=CCC=C3)ccc2c1. The summed E-state index contributed by atoms with van der Waals surface area (Å²) in [5, 5.41) is 2.62. The van der Waals surface area contributed by atoms with E-state index in [9.17, 15) is 0 Å². The van der Waals surface area contributed by atoms with E-state index in [2.05, 4.69) is 73.7 Å². The maximum atomic E-state index is 2.27. The molecule has 0 unspecified atom stereocenters. The normalized spacial score (nSPS) is 14.6. The first-order valence-electron chi connectivity index (χ1n) is 6.37. The number of aryl methyl sites for hydroxylation is 1. The first-order valence-corrected chi connectivity index (χ1v) is 6.37. The lowest BCUT2D eigenvalue weighted by atomic mass is 10.00. The van der Waals surface area contributed by atoms with Gasteiger partial charge in [-0.1, -0.05) is 66.3 Å². The summed E-state index contributed by atoms with van der Waals surface area (Å²) in [6.07, 6.45) is 11.9. The number of fused-ring (bicyclic) bond motifs is 1. The van der Waals surface area contributed by atoms with E-state index >= 15 is 0 Å². The van der Waals surface area contributed by atoms with E-state index in [1.165, 1.54) is 27.5 Å². The van der Waals surface area contributed by atoms with Gasteiger partial charge >= 0.3 is 0 Å². The highest BCUT2D eigenvalue weighted by Crippen LogP contribution is 2.24. The summed E-state index contributed by atoms with van der Waals surface area (Å²) < 4.78 is 0. The molecule has 88 valence electrons.